The Balaban J connectivity index is 3.13. The molecule has 14 heavy (non-hydrogen) atoms. The molecule has 0 saturated heterocycles. The molecular formula is C10H14AsClO2. The van der Waals surface area contributed by atoms with Crippen LogP contribution in [0.4, 0.5) is 0 Å². The molecule has 0 heterocycles. The first-order chi connectivity index (χ1) is 6.74. The molecule has 1 atom stereocenters. The van der Waals surface area contributed by atoms with Crippen LogP contribution >= 0.6 is 11.6 Å². The number of aryl methyl sites for hydroxylation is 1. The Bertz CT molecular complexity index is 315. The van der Waals surface area contributed by atoms with Crippen LogP contribution in [-0.2, 0) is 6.42 Å². The van der Waals surface area contributed by atoms with Gasteiger partial charge in [0.1, 0.15) is 0 Å². The summed E-state index contributed by atoms with van der Waals surface area (Å²) in [7, 11) is 3.21. The van der Waals surface area contributed by atoms with Gasteiger partial charge in [0.05, 0.1) is 0 Å². The summed E-state index contributed by atoms with van der Waals surface area (Å²) in [6.45, 7) is 0. The quantitative estimate of drug-likeness (QED) is 0.783. The van der Waals surface area contributed by atoms with Gasteiger partial charge in [-0.2, -0.15) is 0 Å². The molecule has 0 N–H and O–H groups in total. The third kappa shape index (κ3) is 2.37. The minimum atomic E-state index is 0.632. The molecule has 0 aliphatic rings. The van der Waals surface area contributed by atoms with Gasteiger partial charge in [-0.25, -0.2) is 0 Å². The van der Waals surface area contributed by atoms with Crippen molar-refractivity contribution >= 4 is 28.5 Å². The maximum absolute atomic E-state index is 6.17. The van der Waals surface area contributed by atoms with E-state index in [4.69, 9.17) is 21.1 Å². The topological polar surface area (TPSA) is 18.5 Å². The van der Waals surface area contributed by atoms with Crippen LogP contribution in [0.3, 0.4) is 0 Å². The number of hydrogen-bond donors (Lipinski definition) is 0. The molecule has 0 spiro atoms. The van der Waals surface area contributed by atoms with Crippen molar-refractivity contribution in [3.8, 4) is 11.5 Å². The molecule has 2 nitrogen and oxygen atoms in total. The van der Waals surface area contributed by atoms with Crippen LogP contribution in [0.1, 0.15) is 5.56 Å². The fourth-order valence-electron chi connectivity index (χ4n) is 1.28. The molecule has 0 bridgehead atoms. The number of methoxy groups -OCH3 is 2. The van der Waals surface area contributed by atoms with E-state index in [1.54, 1.807) is 31.1 Å². The van der Waals surface area contributed by atoms with E-state index >= 15 is 0 Å². The molecule has 1 aromatic carbocycles. The Morgan fingerprint density at radius 2 is 2.00 bits per heavy atom. The van der Waals surface area contributed by atoms with Crippen LogP contribution < -0.4 is 9.47 Å². The molecule has 0 aliphatic carbocycles. The van der Waals surface area contributed by atoms with Crippen molar-refractivity contribution in [1.29, 1.82) is 0 Å². The summed E-state index contributed by atoms with van der Waals surface area (Å²) >= 11 is 7.87. The number of benzene rings is 1. The summed E-state index contributed by atoms with van der Waals surface area (Å²) in [5.74, 6) is 1.32. The van der Waals surface area contributed by atoms with Crippen LogP contribution in [0.2, 0.25) is 10.2 Å². The first kappa shape index (κ1) is 11.7. The average Bonchev–Trinajstić information content (AvgIpc) is 2.21. The number of hydrogen-bond acceptors (Lipinski definition) is 2. The van der Waals surface area contributed by atoms with Gasteiger partial charge >= 0.3 is 98.0 Å². The zero-order valence-corrected chi connectivity index (χ0v) is 11.5. The summed E-state index contributed by atoms with van der Waals surface area (Å²) in [5, 5.41) is 1.80. The van der Waals surface area contributed by atoms with E-state index in [9.17, 15) is 0 Å². The monoisotopic (exact) mass is 276 g/mol. The summed E-state index contributed by atoms with van der Waals surface area (Å²) in [6.07, 6.45) is 0.985. The predicted octanol–water partition coefficient (Wildman–Crippen LogP) is 1.95. The Morgan fingerprint density at radius 1 is 1.29 bits per heavy atom. The molecule has 0 fully saturated rings. The Morgan fingerprint density at radius 3 is 2.50 bits per heavy atom. The number of rotatable bonds is 4. The van der Waals surface area contributed by atoms with Gasteiger partial charge in [-0.15, -0.1) is 0 Å². The Kier molecular flexibility index (Phi) is 4.63. The van der Waals surface area contributed by atoms with Gasteiger partial charge in [-0.3, -0.25) is 0 Å². The number of halogens is 1. The van der Waals surface area contributed by atoms with Crippen LogP contribution in [0, 0.1) is 0 Å². The standard InChI is InChI=1S/C10H14AsClO2/c1-13-8-4-3-7(5-6-11)9(12)10(8)14-2/h3-4H,5-6,11H2,1-2H3. The summed E-state index contributed by atoms with van der Waals surface area (Å²) in [5.41, 5.74) is 1.12. The number of ether oxygens (including phenoxy) is 2. The molecule has 4 heteroatoms. The van der Waals surface area contributed by atoms with Gasteiger partial charge in [-0.1, -0.05) is 0 Å². The second kappa shape index (κ2) is 5.53. The Hall–Kier alpha value is -0.332. The van der Waals surface area contributed by atoms with Crippen LogP contribution in [0.25, 0.3) is 0 Å². The van der Waals surface area contributed by atoms with Crippen LogP contribution in [-0.4, -0.2) is 31.1 Å². The fourth-order valence-corrected chi connectivity index (χ4v) is 2.26. The summed E-state index contributed by atoms with van der Waals surface area (Å²) in [4.78, 5) is 0. The molecule has 1 rings (SSSR count). The third-order valence-corrected chi connectivity index (χ3v) is 3.00. The molecular weight excluding hydrogens is 262 g/mol. The minimum absolute atomic E-state index is 0.632. The first-order valence-corrected chi connectivity index (χ1v) is 6.43. The zero-order chi connectivity index (χ0) is 10.6. The van der Waals surface area contributed by atoms with E-state index in [0.29, 0.717) is 16.5 Å². The van der Waals surface area contributed by atoms with Gasteiger partial charge in [0, 0.05) is 0 Å². The molecule has 0 radical (unpaired) electrons. The van der Waals surface area contributed by atoms with Crippen molar-refractivity contribution in [2.24, 2.45) is 0 Å². The van der Waals surface area contributed by atoms with Crippen LogP contribution in [0.5, 0.6) is 11.5 Å². The van der Waals surface area contributed by atoms with Crippen molar-refractivity contribution in [3.05, 3.63) is 22.7 Å². The van der Waals surface area contributed by atoms with E-state index in [2.05, 4.69) is 0 Å². The first-order valence-electron chi connectivity index (χ1n) is 4.34. The van der Waals surface area contributed by atoms with Crippen molar-refractivity contribution in [1.82, 2.24) is 0 Å². The fraction of sp³-hybridized carbons (Fsp3) is 0.400. The molecule has 0 aromatic heterocycles. The van der Waals surface area contributed by atoms with E-state index in [1.807, 2.05) is 12.1 Å². The normalized spacial score (nSPS) is 10.0. The summed E-state index contributed by atoms with van der Waals surface area (Å²) < 4.78 is 10.3. The van der Waals surface area contributed by atoms with Crippen LogP contribution in [0.15, 0.2) is 12.1 Å². The maximum atomic E-state index is 6.17. The molecule has 1 unspecified atom stereocenters. The van der Waals surface area contributed by atoms with Gasteiger partial charge < -0.3 is 0 Å². The molecule has 0 saturated carbocycles. The van der Waals surface area contributed by atoms with Crippen molar-refractivity contribution in [2.75, 3.05) is 14.2 Å². The second-order valence-corrected chi connectivity index (χ2v) is 4.40. The van der Waals surface area contributed by atoms with Crippen molar-refractivity contribution < 1.29 is 9.47 Å². The van der Waals surface area contributed by atoms with E-state index in [-0.39, 0.29) is 0 Å². The molecule has 0 amide bonds. The zero-order valence-electron chi connectivity index (χ0n) is 8.34. The van der Waals surface area contributed by atoms with Gasteiger partial charge in [-0.05, 0) is 0 Å². The average molecular weight is 277 g/mol. The van der Waals surface area contributed by atoms with E-state index in [0.717, 1.165) is 17.2 Å². The van der Waals surface area contributed by atoms with Gasteiger partial charge in [0.25, 0.3) is 0 Å². The third-order valence-electron chi connectivity index (χ3n) is 1.98. The van der Waals surface area contributed by atoms with Crippen molar-refractivity contribution in [2.45, 2.75) is 11.6 Å². The molecule has 0 aliphatic heterocycles. The molecule has 78 valence electrons. The van der Waals surface area contributed by atoms with E-state index in [1.165, 1.54) is 0 Å². The van der Waals surface area contributed by atoms with E-state index < -0.39 is 0 Å². The second-order valence-electron chi connectivity index (χ2n) is 2.81. The van der Waals surface area contributed by atoms with Gasteiger partial charge in [0.2, 0.25) is 0 Å². The van der Waals surface area contributed by atoms with Crippen molar-refractivity contribution in [3.63, 3.8) is 0 Å². The molecule has 1 aromatic rings. The van der Waals surface area contributed by atoms with Gasteiger partial charge in [0.15, 0.2) is 0 Å². The Labute approximate surface area is 98.0 Å². The predicted molar refractivity (Wildman–Crippen MR) is 61.6 cm³/mol. The summed E-state index contributed by atoms with van der Waals surface area (Å²) in [6, 6.07) is 3.88. The SMILES string of the molecule is COc1ccc(CC[AsH2])c(Cl)c1OC.